The van der Waals surface area contributed by atoms with Crippen LogP contribution in [0.2, 0.25) is 0 Å². The molecule has 4 rings (SSSR count). The van der Waals surface area contributed by atoms with Gasteiger partial charge in [-0.15, -0.1) is 5.10 Å². The number of nitrogens with zero attached hydrogens (tertiary/aromatic N) is 5. The molecule has 148 valence electrons. The van der Waals surface area contributed by atoms with E-state index in [9.17, 15) is 17.6 Å². The van der Waals surface area contributed by atoms with E-state index < -0.39 is 17.6 Å². The largest absolute Gasteiger partial charge is 0.416 e. The molecular formula is C18H13F4N7. The van der Waals surface area contributed by atoms with Crippen LogP contribution in [-0.4, -0.2) is 24.6 Å². The number of hydrogen-bond donors (Lipinski definition) is 2. The maximum atomic E-state index is 14.0. The molecule has 0 amide bonds. The van der Waals surface area contributed by atoms with Crippen LogP contribution in [0.5, 0.6) is 0 Å². The first-order valence-electron chi connectivity index (χ1n) is 8.33. The van der Waals surface area contributed by atoms with Crippen molar-refractivity contribution in [2.45, 2.75) is 12.7 Å². The Morgan fingerprint density at radius 3 is 2.69 bits per heavy atom. The number of benzene rings is 1. The third-order valence-corrected chi connectivity index (χ3v) is 4.19. The van der Waals surface area contributed by atoms with E-state index >= 15 is 0 Å². The molecule has 4 aromatic rings. The number of hydrogen-bond acceptors (Lipinski definition) is 6. The van der Waals surface area contributed by atoms with Crippen LogP contribution in [0, 0.1) is 5.82 Å². The van der Waals surface area contributed by atoms with E-state index in [1.165, 1.54) is 10.8 Å². The van der Waals surface area contributed by atoms with Gasteiger partial charge in [-0.25, -0.2) is 23.9 Å². The molecule has 0 saturated heterocycles. The Morgan fingerprint density at radius 1 is 1.10 bits per heavy atom. The highest BCUT2D eigenvalue weighted by atomic mass is 19.4. The van der Waals surface area contributed by atoms with Crippen LogP contribution < -0.4 is 11.1 Å². The standard InChI is InChI=1S/C18H13F4N7/c19-12-6-11(18(20,21)22)3-2-10(12)8-25-14-7-13(26-9-27-14)15-16(23)28-29-5-1-4-24-17(15)29/h1-7,9H,8H2,(H2,23,28)(H,25,26,27). The smallest absolute Gasteiger partial charge is 0.382 e. The lowest BCUT2D eigenvalue weighted by molar-refractivity contribution is -0.137. The van der Waals surface area contributed by atoms with Crippen molar-refractivity contribution in [1.29, 1.82) is 0 Å². The lowest BCUT2D eigenvalue weighted by Crippen LogP contribution is -2.08. The van der Waals surface area contributed by atoms with Crippen molar-refractivity contribution in [3.8, 4) is 11.3 Å². The van der Waals surface area contributed by atoms with Gasteiger partial charge in [-0.05, 0) is 18.2 Å². The van der Waals surface area contributed by atoms with Crippen LogP contribution in [0.3, 0.4) is 0 Å². The zero-order valence-electron chi connectivity index (χ0n) is 14.7. The Morgan fingerprint density at radius 2 is 1.93 bits per heavy atom. The van der Waals surface area contributed by atoms with Gasteiger partial charge in [0, 0.05) is 30.6 Å². The van der Waals surface area contributed by atoms with E-state index in [0.29, 0.717) is 28.8 Å². The second-order valence-corrected chi connectivity index (χ2v) is 6.09. The average molecular weight is 403 g/mol. The SMILES string of the molecule is Nc1nn2cccnc2c1-c1cc(NCc2ccc(C(F)(F)F)cc2F)ncn1. The van der Waals surface area contributed by atoms with Gasteiger partial charge in [0.05, 0.1) is 16.8 Å². The van der Waals surface area contributed by atoms with Gasteiger partial charge >= 0.3 is 6.18 Å². The highest BCUT2D eigenvalue weighted by Crippen LogP contribution is 2.31. The first-order valence-corrected chi connectivity index (χ1v) is 8.33. The van der Waals surface area contributed by atoms with E-state index in [1.54, 1.807) is 24.5 Å². The highest BCUT2D eigenvalue weighted by Gasteiger charge is 2.31. The molecular weight excluding hydrogens is 390 g/mol. The topological polar surface area (TPSA) is 94.0 Å². The predicted octanol–water partition coefficient (Wildman–Crippen LogP) is 3.54. The molecule has 0 atom stereocenters. The summed E-state index contributed by atoms with van der Waals surface area (Å²) in [6.45, 7) is -0.0666. The van der Waals surface area contributed by atoms with Gasteiger partial charge in [0.1, 0.15) is 18.0 Å². The van der Waals surface area contributed by atoms with Crippen molar-refractivity contribution in [3.05, 3.63) is 66.0 Å². The summed E-state index contributed by atoms with van der Waals surface area (Å²) in [5.74, 6) is -0.399. The number of nitrogens with two attached hydrogens (primary N) is 1. The molecule has 0 spiro atoms. The molecule has 0 unspecified atom stereocenters. The van der Waals surface area contributed by atoms with Crippen molar-refractivity contribution in [2.24, 2.45) is 0 Å². The quantitative estimate of drug-likeness (QED) is 0.506. The van der Waals surface area contributed by atoms with Gasteiger partial charge in [-0.2, -0.15) is 13.2 Å². The third-order valence-electron chi connectivity index (χ3n) is 4.19. The number of nitrogen functional groups attached to an aromatic ring is 1. The number of nitrogens with one attached hydrogen (secondary N) is 1. The average Bonchev–Trinajstić information content (AvgIpc) is 3.02. The monoisotopic (exact) mass is 403 g/mol. The molecule has 0 bridgehead atoms. The Bertz CT molecular complexity index is 1190. The van der Waals surface area contributed by atoms with E-state index in [0.717, 1.165) is 12.1 Å². The molecule has 29 heavy (non-hydrogen) atoms. The van der Waals surface area contributed by atoms with Crippen molar-refractivity contribution >= 4 is 17.3 Å². The molecule has 0 aliphatic rings. The van der Waals surface area contributed by atoms with Crippen LogP contribution in [0.25, 0.3) is 16.9 Å². The van der Waals surface area contributed by atoms with Crippen LogP contribution in [-0.2, 0) is 12.7 Å². The lowest BCUT2D eigenvalue weighted by atomic mass is 10.1. The summed E-state index contributed by atoms with van der Waals surface area (Å²) >= 11 is 0. The summed E-state index contributed by atoms with van der Waals surface area (Å²) in [7, 11) is 0. The minimum absolute atomic E-state index is 0.0651. The van der Waals surface area contributed by atoms with Gasteiger partial charge in [-0.1, -0.05) is 6.07 Å². The first kappa shape index (κ1) is 18.6. The number of halogens is 4. The fourth-order valence-electron chi connectivity index (χ4n) is 2.79. The van der Waals surface area contributed by atoms with Crippen molar-refractivity contribution in [3.63, 3.8) is 0 Å². The van der Waals surface area contributed by atoms with E-state index in [1.807, 2.05) is 0 Å². The minimum atomic E-state index is -4.60. The van der Waals surface area contributed by atoms with Gasteiger partial charge < -0.3 is 11.1 Å². The number of rotatable bonds is 4. The molecule has 3 heterocycles. The molecule has 0 saturated carbocycles. The second-order valence-electron chi connectivity index (χ2n) is 6.09. The summed E-state index contributed by atoms with van der Waals surface area (Å²) < 4.78 is 53.5. The molecule has 1 aromatic carbocycles. The summed E-state index contributed by atoms with van der Waals surface area (Å²) in [5, 5.41) is 7.03. The number of alkyl halides is 3. The molecule has 3 aromatic heterocycles. The Hall–Kier alpha value is -3.76. The van der Waals surface area contributed by atoms with Gasteiger partial charge in [-0.3, -0.25) is 0 Å². The molecule has 0 radical (unpaired) electrons. The molecule has 7 nitrogen and oxygen atoms in total. The van der Waals surface area contributed by atoms with E-state index in [2.05, 4.69) is 25.4 Å². The van der Waals surface area contributed by atoms with Crippen LogP contribution >= 0.6 is 0 Å². The fourth-order valence-corrected chi connectivity index (χ4v) is 2.79. The Balaban J connectivity index is 1.58. The number of anilines is 2. The summed E-state index contributed by atoms with van der Waals surface area (Å²) in [5.41, 5.74) is 6.46. The van der Waals surface area contributed by atoms with E-state index in [-0.39, 0.29) is 17.9 Å². The van der Waals surface area contributed by atoms with Crippen LogP contribution in [0.15, 0.2) is 49.1 Å². The van der Waals surface area contributed by atoms with Crippen LogP contribution in [0.4, 0.5) is 29.2 Å². The van der Waals surface area contributed by atoms with Crippen molar-refractivity contribution < 1.29 is 17.6 Å². The predicted molar refractivity (Wildman–Crippen MR) is 97.2 cm³/mol. The maximum absolute atomic E-state index is 14.0. The molecule has 11 heteroatoms. The lowest BCUT2D eigenvalue weighted by Gasteiger charge is -2.10. The van der Waals surface area contributed by atoms with Crippen molar-refractivity contribution in [2.75, 3.05) is 11.1 Å². The van der Waals surface area contributed by atoms with Gasteiger partial charge in [0.2, 0.25) is 0 Å². The minimum Gasteiger partial charge on any atom is -0.382 e. The third kappa shape index (κ3) is 3.66. The molecule has 0 aliphatic heterocycles. The zero-order chi connectivity index (χ0) is 20.6. The fraction of sp³-hybridized carbons (Fsp3) is 0.111. The summed E-state index contributed by atoms with van der Waals surface area (Å²) in [6, 6.07) is 5.66. The summed E-state index contributed by atoms with van der Waals surface area (Å²) in [6.07, 6.45) is -0.0348. The maximum Gasteiger partial charge on any atom is 0.416 e. The van der Waals surface area contributed by atoms with E-state index in [4.69, 9.17) is 5.73 Å². The van der Waals surface area contributed by atoms with Crippen LogP contribution in [0.1, 0.15) is 11.1 Å². The molecule has 0 fully saturated rings. The number of fused-ring (bicyclic) bond motifs is 1. The number of aromatic nitrogens is 5. The normalized spacial score (nSPS) is 11.7. The molecule has 0 aliphatic carbocycles. The van der Waals surface area contributed by atoms with Gasteiger partial charge in [0.25, 0.3) is 0 Å². The van der Waals surface area contributed by atoms with Crippen molar-refractivity contribution in [1.82, 2.24) is 24.6 Å². The Kier molecular flexibility index (Phi) is 4.49. The summed E-state index contributed by atoms with van der Waals surface area (Å²) in [4.78, 5) is 12.5. The Labute approximate surface area is 161 Å². The van der Waals surface area contributed by atoms with Gasteiger partial charge in [0.15, 0.2) is 11.5 Å². The molecule has 3 N–H and O–H groups in total. The highest BCUT2D eigenvalue weighted by molar-refractivity contribution is 5.84. The zero-order valence-corrected chi connectivity index (χ0v) is 14.7. The first-order chi connectivity index (χ1) is 13.8. The second kappa shape index (κ2) is 7.00.